The topological polar surface area (TPSA) is 71.3 Å². The van der Waals surface area contributed by atoms with E-state index in [9.17, 15) is 4.79 Å². The van der Waals surface area contributed by atoms with Crippen LogP contribution in [0.3, 0.4) is 0 Å². The molecule has 0 heterocycles. The molecule has 0 aliphatic carbocycles. The summed E-state index contributed by atoms with van der Waals surface area (Å²) in [4.78, 5) is 12.2. The SMILES string of the molecule is CCOc1cc(C#N)cc(Br)c1OCC(=O)Nc1ccc(C(C)C)cc1. The average Bonchev–Trinajstić information content (AvgIpc) is 2.61. The van der Waals surface area contributed by atoms with Crippen molar-refractivity contribution in [1.82, 2.24) is 0 Å². The van der Waals surface area contributed by atoms with Crippen molar-refractivity contribution >= 4 is 27.5 Å². The molecule has 6 heteroatoms. The first-order valence-corrected chi connectivity index (χ1v) is 9.13. The van der Waals surface area contributed by atoms with Gasteiger partial charge in [0.05, 0.1) is 22.7 Å². The molecule has 0 fully saturated rings. The fraction of sp³-hybridized carbons (Fsp3) is 0.300. The normalized spacial score (nSPS) is 10.3. The maximum atomic E-state index is 12.2. The van der Waals surface area contributed by atoms with Crippen LogP contribution in [0.2, 0.25) is 0 Å². The van der Waals surface area contributed by atoms with E-state index in [0.717, 1.165) is 0 Å². The predicted octanol–water partition coefficient (Wildman–Crippen LogP) is 4.86. The second-order valence-electron chi connectivity index (χ2n) is 5.94. The number of carbonyl (C=O) groups is 1. The number of benzene rings is 2. The molecule has 1 amide bonds. The van der Waals surface area contributed by atoms with Crippen LogP contribution < -0.4 is 14.8 Å². The van der Waals surface area contributed by atoms with Gasteiger partial charge >= 0.3 is 0 Å². The van der Waals surface area contributed by atoms with E-state index in [1.807, 2.05) is 31.2 Å². The maximum Gasteiger partial charge on any atom is 0.262 e. The first-order chi connectivity index (χ1) is 12.4. The Kier molecular flexibility index (Phi) is 7.05. The van der Waals surface area contributed by atoms with Gasteiger partial charge in [0, 0.05) is 11.8 Å². The zero-order valence-electron chi connectivity index (χ0n) is 15.0. The van der Waals surface area contributed by atoms with Crippen molar-refractivity contribution < 1.29 is 14.3 Å². The molecular weight excluding hydrogens is 396 g/mol. The lowest BCUT2D eigenvalue weighted by Gasteiger charge is -2.14. The van der Waals surface area contributed by atoms with Crippen LogP contribution in [0.1, 0.15) is 37.8 Å². The van der Waals surface area contributed by atoms with Crippen LogP contribution >= 0.6 is 15.9 Å². The number of anilines is 1. The second-order valence-corrected chi connectivity index (χ2v) is 6.80. The Morgan fingerprint density at radius 3 is 2.50 bits per heavy atom. The van der Waals surface area contributed by atoms with Crippen LogP contribution in [0.5, 0.6) is 11.5 Å². The first-order valence-electron chi connectivity index (χ1n) is 8.33. The van der Waals surface area contributed by atoms with Crippen molar-refractivity contribution in [3.05, 3.63) is 52.0 Å². The van der Waals surface area contributed by atoms with Gasteiger partial charge in [-0.1, -0.05) is 26.0 Å². The van der Waals surface area contributed by atoms with Gasteiger partial charge in [0.25, 0.3) is 5.91 Å². The van der Waals surface area contributed by atoms with Gasteiger partial charge in [0.15, 0.2) is 18.1 Å². The smallest absolute Gasteiger partial charge is 0.262 e. The van der Waals surface area contributed by atoms with Crippen molar-refractivity contribution in [3.63, 3.8) is 0 Å². The van der Waals surface area contributed by atoms with Gasteiger partial charge in [-0.15, -0.1) is 0 Å². The Bertz CT molecular complexity index is 811. The lowest BCUT2D eigenvalue weighted by atomic mass is 10.0. The van der Waals surface area contributed by atoms with E-state index in [1.54, 1.807) is 12.1 Å². The molecule has 0 unspecified atom stereocenters. The molecule has 1 N–H and O–H groups in total. The summed E-state index contributed by atoms with van der Waals surface area (Å²) in [5.74, 6) is 0.985. The molecular formula is C20H21BrN2O3. The highest BCUT2D eigenvalue weighted by Crippen LogP contribution is 2.36. The van der Waals surface area contributed by atoms with E-state index >= 15 is 0 Å². The summed E-state index contributed by atoms with van der Waals surface area (Å²) in [6.45, 7) is 6.33. The van der Waals surface area contributed by atoms with Crippen molar-refractivity contribution in [2.24, 2.45) is 0 Å². The minimum Gasteiger partial charge on any atom is -0.490 e. The van der Waals surface area contributed by atoms with E-state index in [1.165, 1.54) is 5.56 Å². The average molecular weight is 417 g/mol. The number of nitrogens with zero attached hydrogens (tertiary/aromatic N) is 1. The van der Waals surface area contributed by atoms with Crippen LogP contribution in [0, 0.1) is 11.3 Å². The summed E-state index contributed by atoms with van der Waals surface area (Å²) < 4.78 is 11.7. The van der Waals surface area contributed by atoms with E-state index in [2.05, 4.69) is 41.2 Å². The summed E-state index contributed by atoms with van der Waals surface area (Å²) in [6, 6.07) is 13.0. The summed E-state index contributed by atoms with van der Waals surface area (Å²) in [5, 5.41) is 11.8. The largest absolute Gasteiger partial charge is 0.490 e. The molecule has 2 aromatic carbocycles. The summed E-state index contributed by atoms with van der Waals surface area (Å²) >= 11 is 3.36. The number of nitriles is 1. The molecule has 2 aromatic rings. The molecule has 0 atom stereocenters. The maximum absolute atomic E-state index is 12.2. The number of hydrogen-bond donors (Lipinski definition) is 1. The van der Waals surface area contributed by atoms with Crippen LogP contribution in [0.4, 0.5) is 5.69 Å². The van der Waals surface area contributed by atoms with Gasteiger partial charge in [0.2, 0.25) is 0 Å². The third-order valence-corrected chi connectivity index (χ3v) is 4.24. The lowest BCUT2D eigenvalue weighted by Crippen LogP contribution is -2.20. The summed E-state index contributed by atoms with van der Waals surface area (Å²) in [6.07, 6.45) is 0. The molecule has 0 spiro atoms. The van der Waals surface area contributed by atoms with Crippen molar-refractivity contribution in [2.45, 2.75) is 26.7 Å². The van der Waals surface area contributed by atoms with Gasteiger partial charge in [-0.3, -0.25) is 4.79 Å². The highest BCUT2D eigenvalue weighted by molar-refractivity contribution is 9.10. The lowest BCUT2D eigenvalue weighted by molar-refractivity contribution is -0.118. The Morgan fingerprint density at radius 1 is 1.23 bits per heavy atom. The van der Waals surface area contributed by atoms with E-state index in [0.29, 0.717) is 39.7 Å². The van der Waals surface area contributed by atoms with Crippen LogP contribution in [0.25, 0.3) is 0 Å². The van der Waals surface area contributed by atoms with Gasteiger partial charge in [-0.2, -0.15) is 5.26 Å². The summed E-state index contributed by atoms with van der Waals surface area (Å²) in [5.41, 5.74) is 2.37. The minimum absolute atomic E-state index is 0.170. The molecule has 5 nitrogen and oxygen atoms in total. The zero-order valence-corrected chi connectivity index (χ0v) is 16.6. The van der Waals surface area contributed by atoms with Gasteiger partial charge in [0.1, 0.15) is 0 Å². The fourth-order valence-electron chi connectivity index (χ4n) is 2.32. The number of carbonyl (C=O) groups excluding carboxylic acids is 1. The molecule has 26 heavy (non-hydrogen) atoms. The quantitative estimate of drug-likeness (QED) is 0.699. The Labute approximate surface area is 162 Å². The van der Waals surface area contributed by atoms with Crippen molar-refractivity contribution in [3.8, 4) is 17.6 Å². The fourth-order valence-corrected chi connectivity index (χ4v) is 2.88. The molecule has 0 saturated heterocycles. The Balaban J connectivity index is 2.03. The van der Waals surface area contributed by atoms with Crippen LogP contribution in [-0.2, 0) is 4.79 Å². The number of nitrogens with one attached hydrogen (secondary N) is 1. The molecule has 136 valence electrons. The molecule has 0 radical (unpaired) electrons. The van der Waals surface area contributed by atoms with E-state index < -0.39 is 0 Å². The molecule has 0 saturated carbocycles. The number of ether oxygens (including phenoxy) is 2. The predicted molar refractivity (Wildman–Crippen MR) is 105 cm³/mol. The first kappa shape index (κ1) is 19.8. The Morgan fingerprint density at radius 2 is 1.92 bits per heavy atom. The monoisotopic (exact) mass is 416 g/mol. The van der Waals surface area contributed by atoms with Crippen LogP contribution in [0.15, 0.2) is 40.9 Å². The van der Waals surface area contributed by atoms with Crippen molar-refractivity contribution in [1.29, 1.82) is 5.26 Å². The molecule has 2 rings (SSSR count). The van der Waals surface area contributed by atoms with Crippen molar-refractivity contribution in [2.75, 3.05) is 18.5 Å². The van der Waals surface area contributed by atoms with Gasteiger partial charge < -0.3 is 14.8 Å². The third-order valence-electron chi connectivity index (χ3n) is 3.65. The highest BCUT2D eigenvalue weighted by Gasteiger charge is 2.14. The van der Waals surface area contributed by atoms with E-state index in [-0.39, 0.29) is 12.5 Å². The highest BCUT2D eigenvalue weighted by atomic mass is 79.9. The van der Waals surface area contributed by atoms with Gasteiger partial charge in [-0.25, -0.2) is 0 Å². The second kappa shape index (κ2) is 9.25. The molecule has 0 aliphatic rings. The Hall–Kier alpha value is -2.52. The van der Waals surface area contributed by atoms with E-state index in [4.69, 9.17) is 14.7 Å². The number of halogens is 1. The summed E-state index contributed by atoms with van der Waals surface area (Å²) in [7, 11) is 0. The third kappa shape index (κ3) is 5.24. The number of hydrogen-bond acceptors (Lipinski definition) is 4. The molecule has 0 aliphatic heterocycles. The molecule has 0 bridgehead atoms. The van der Waals surface area contributed by atoms with Gasteiger partial charge in [-0.05, 0) is 52.5 Å². The number of rotatable bonds is 7. The minimum atomic E-state index is -0.277. The zero-order chi connectivity index (χ0) is 19.1. The molecule has 0 aromatic heterocycles. The number of amides is 1. The standard InChI is InChI=1S/C20H21BrN2O3/c1-4-25-18-10-14(11-22)9-17(21)20(18)26-12-19(24)23-16-7-5-15(6-8-16)13(2)3/h5-10,13H,4,12H2,1-3H3,(H,23,24). The van der Waals surface area contributed by atoms with Crippen LogP contribution in [-0.4, -0.2) is 19.1 Å².